The van der Waals surface area contributed by atoms with Gasteiger partial charge in [-0.05, 0) is 37.8 Å². The van der Waals surface area contributed by atoms with Gasteiger partial charge in [0.2, 0.25) is 5.91 Å². The van der Waals surface area contributed by atoms with Gasteiger partial charge in [-0.15, -0.1) is 0 Å². The Morgan fingerprint density at radius 1 is 1.18 bits per heavy atom. The van der Waals surface area contributed by atoms with Crippen molar-refractivity contribution < 1.29 is 14.3 Å². The lowest BCUT2D eigenvalue weighted by Crippen LogP contribution is -2.44. The van der Waals surface area contributed by atoms with E-state index in [4.69, 9.17) is 9.47 Å². The molecule has 1 atom stereocenters. The Kier molecular flexibility index (Phi) is 3.46. The SMILES string of the molecule is CC1Cc2ccccc2N1C(=O)C1CCC2(CC1)OCCO2. The zero-order valence-corrected chi connectivity index (χ0v) is 13.1. The van der Waals surface area contributed by atoms with Crippen LogP contribution >= 0.6 is 0 Å². The van der Waals surface area contributed by atoms with Crippen molar-refractivity contribution in [2.24, 2.45) is 5.92 Å². The van der Waals surface area contributed by atoms with Crippen LogP contribution in [-0.2, 0) is 20.7 Å². The predicted molar refractivity (Wildman–Crippen MR) is 83.7 cm³/mol. The second-order valence-corrected chi connectivity index (χ2v) is 6.77. The second kappa shape index (κ2) is 5.36. The fraction of sp³-hybridized carbons (Fsp3) is 0.611. The first-order chi connectivity index (χ1) is 10.7. The highest BCUT2D eigenvalue weighted by molar-refractivity contribution is 5.97. The van der Waals surface area contributed by atoms with E-state index in [-0.39, 0.29) is 23.7 Å². The summed E-state index contributed by atoms with van der Waals surface area (Å²) in [6.45, 7) is 3.52. The van der Waals surface area contributed by atoms with Crippen LogP contribution in [0.3, 0.4) is 0 Å². The summed E-state index contributed by atoms with van der Waals surface area (Å²) in [6, 6.07) is 8.55. The first-order valence-electron chi connectivity index (χ1n) is 8.37. The molecule has 0 N–H and O–H groups in total. The van der Waals surface area contributed by atoms with Gasteiger partial charge in [-0.3, -0.25) is 4.79 Å². The van der Waals surface area contributed by atoms with Crippen molar-refractivity contribution in [3.05, 3.63) is 29.8 Å². The third kappa shape index (κ3) is 2.25. The average Bonchev–Trinajstić information content (AvgIpc) is 3.11. The molecule has 1 aromatic carbocycles. The number of rotatable bonds is 1. The zero-order valence-electron chi connectivity index (χ0n) is 13.1. The van der Waals surface area contributed by atoms with Crippen LogP contribution in [-0.4, -0.2) is 30.9 Å². The highest BCUT2D eigenvalue weighted by Crippen LogP contribution is 2.41. The van der Waals surface area contributed by atoms with Gasteiger partial charge in [0, 0.05) is 30.5 Å². The molecule has 118 valence electrons. The molecule has 4 nitrogen and oxygen atoms in total. The lowest BCUT2D eigenvalue weighted by atomic mass is 9.84. The smallest absolute Gasteiger partial charge is 0.230 e. The van der Waals surface area contributed by atoms with Crippen molar-refractivity contribution >= 4 is 11.6 Å². The lowest BCUT2D eigenvalue weighted by molar-refractivity contribution is -0.183. The second-order valence-electron chi connectivity index (χ2n) is 6.77. The number of ether oxygens (including phenoxy) is 2. The van der Waals surface area contributed by atoms with Gasteiger partial charge in [0.05, 0.1) is 13.2 Å². The fourth-order valence-electron chi connectivity index (χ4n) is 4.19. The van der Waals surface area contributed by atoms with Crippen molar-refractivity contribution in [1.29, 1.82) is 0 Å². The average molecular weight is 301 g/mol. The molecule has 1 amide bonds. The first-order valence-corrected chi connectivity index (χ1v) is 8.37. The minimum atomic E-state index is -0.384. The monoisotopic (exact) mass is 301 g/mol. The number of para-hydroxylation sites is 1. The molecule has 1 saturated carbocycles. The number of fused-ring (bicyclic) bond motifs is 1. The maximum absolute atomic E-state index is 13.0. The number of anilines is 1. The van der Waals surface area contributed by atoms with E-state index >= 15 is 0 Å². The summed E-state index contributed by atoms with van der Waals surface area (Å²) in [4.78, 5) is 15.0. The lowest BCUT2D eigenvalue weighted by Gasteiger charge is -2.36. The molecule has 1 aliphatic carbocycles. The fourth-order valence-corrected chi connectivity index (χ4v) is 4.19. The highest BCUT2D eigenvalue weighted by Gasteiger charge is 2.44. The van der Waals surface area contributed by atoms with E-state index in [0.717, 1.165) is 37.8 Å². The number of nitrogens with zero attached hydrogens (tertiary/aromatic N) is 1. The van der Waals surface area contributed by atoms with Gasteiger partial charge in [0.15, 0.2) is 5.79 Å². The zero-order chi connectivity index (χ0) is 15.2. The molecule has 1 unspecified atom stereocenters. The summed E-state index contributed by atoms with van der Waals surface area (Å²) in [6.07, 6.45) is 4.37. The van der Waals surface area contributed by atoms with Gasteiger partial charge in [0.25, 0.3) is 0 Å². The van der Waals surface area contributed by atoms with Gasteiger partial charge in [-0.25, -0.2) is 0 Å². The summed E-state index contributed by atoms with van der Waals surface area (Å²) >= 11 is 0. The molecule has 2 heterocycles. The summed E-state index contributed by atoms with van der Waals surface area (Å²) in [7, 11) is 0. The van der Waals surface area contributed by atoms with Crippen LogP contribution in [0.1, 0.15) is 38.2 Å². The van der Waals surface area contributed by atoms with Crippen LogP contribution in [0.5, 0.6) is 0 Å². The summed E-state index contributed by atoms with van der Waals surface area (Å²) in [5.74, 6) is 0.00280. The summed E-state index contributed by atoms with van der Waals surface area (Å²) < 4.78 is 11.5. The Labute approximate surface area is 131 Å². The standard InChI is InChI=1S/C18H23NO3/c1-13-12-15-4-2-3-5-16(15)19(13)17(20)14-6-8-18(9-7-14)21-10-11-22-18/h2-5,13-14H,6-12H2,1H3. The van der Waals surface area contributed by atoms with Crippen molar-refractivity contribution in [2.45, 2.75) is 50.9 Å². The maximum atomic E-state index is 13.0. The topological polar surface area (TPSA) is 38.8 Å². The van der Waals surface area contributed by atoms with Crippen molar-refractivity contribution in [2.75, 3.05) is 18.1 Å². The molecule has 3 aliphatic rings. The number of carbonyl (C=O) groups is 1. The normalized spacial score (nSPS) is 27.3. The number of hydrogen-bond acceptors (Lipinski definition) is 3. The highest BCUT2D eigenvalue weighted by atomic mass is 16.7. The van der Waals surface area contributed by atoms with E-state index in [1.807, 2.05) is 11.0 Å². The quantitative estimate of drug-likeness (QED) is 0.800. The van der Waals surface area contributed by atoms with Crippen molar-refractivity contribution in [3.63, 3.8) is 0 Å². The van der Waals surface area contributed by atoms with Crippen LogP contribution in [0.4, 0.5) is 5.69 Å². The van der Waals surface area contributed by atoms with Crippen LogP contribution in [0.2, 0.25) is 0 Å². The molecule has 0 radical (unpaired) electrons. The van der Waals surface area contributed by atoms with Gasteiger partial charge in [0.1, 0.15) is 0 Å². The molecule has 22 heavy (non-hydrogen) atoms. The number of hydrogen-bond donors (Lipinski definition) is 0. The van der Waals surface area contributed by atoms with E-state index in [0.29, 0.717) is 13.2 Å². The maximum Gasteiger partial charge on any atom is 0.230 e. The molecule has 1 aromatic rings. The van der Waals surface area contributed by atoms with Gasteiger partial charge >= 0.3 is 0 Å². The minimum absolute atomic E-state index is 0.104. The molecular formula is C18H23NO3. The molecule has 1 spiro atoms. The van der Waals surface area contributed by atoms with E-state index < -0.39 is 0 Å². The first kappa shape index (κ1) is 14.2. The van der Waals surface area contributed by atoms with Crippen molar-refractivity contribution in [3.8, 4) is 0 Å². The van der Waals surface area contributed by atoms with E-state index in [9.17, 15) is 4.79 Å². The third-order valence-corrected chi connectivity index (χ3v) is 5.35. The van der Waals surface area contributed by atoms with E-state index in [2.05, 4.69) is 25.1 Å². The summed E-state index contributed by atoms with van der Waals surface area (Å²) in [5.41, 5.74) is 2.40. The molecule has 2 aliphatic heterocycles. The Balaban J connectivity index is 1.49. The third-order valence-electron chi connectivity index (χ3n) is 5.35. The minimum Gasteiger partial charge on any atom is -0.348 e. The van der Waals surface area contributed by atoms with Crippen LogP contribution in [0, 0.1) is 5.92 Å². The molecule has 0 bridgehead atoms. The number of amides is 1. The molecule has 4 heteroatoms. The Morgan fingerprint density at radius 3 is 2.59 bits per heavy atom. The largest absolute Gasteiger partial charge is 0.348 e. The predicted octanol–water partition coefficient (Wildman–Crippen LogP) is 2.90. The molecule has 1 saturated heterocycles. The van der Waals surface area contributed by atoms with Gasteiger partial charge in [-0.1, -0.05) is 18.2 Å². The van der Waals surface area contributed by atoms with Gasteiger partial charge < -0.3 is 14.4 Å². The van der Waals surface area contributed by atoms with E-state index in [1.165, 1.54) is 5.56 Å². The number of benzene rings is 1. The molecule has 0 aromatic heterocycles. The van der Waals surface area contributed by atoms with Crippen LogP contribution in [0.15, 0.2) is 24.3 Å². The van der Waals surface area contributed by atoms with Crippen molar-refractivity contribution in [1.82, 2.24) is 0 Å². The van der Waals surface area contributed by atoms with Crippen LogP contribution < -0.4 is 4.90 Å². The Bertz CT molecular complexity index is 569. The van der Waals surface area contributed by atoms with Gasteiger partial charge in [-0.2, -0.15) is 0 Å². The molecule has 4 rings (SSSR count). The Hall–Kier alpha value is -1.39. The molecular weight excluding hydrogens is 278 g/mol. The van der Waals surface area contributed by atoms with E-state index in [1.54, 1.807) is 0 Å². The molecule has 2 fully saturated rings. The summed E-state index contributed by atoms with van der Waals surface area (Å²) in [5, 5.41) is 0. The number of carbonyl (C=O) groups excluding carboxylic acids is 1. The Morgan fingerprint density at radius 2 is 1.86 bits per heavy atom. The van der Waals surface area contributed by atoms with Crippen LogP contribution in [0.25, 0.3) is 0 Å².